The van der Waals surface area contributed by atoms with Crippen molar-refractivity contribution in [3.8, 4) is 0 Å². The fraction of sp³-hybridized carbons (Fsp3) is 0.185. The summed E-state index contributed by atoms with van der Waals surface area (Å²) < 4.78 is 0. The summed E-state index contributed by atoms with van der Waals surface area (Å²) in [6, 6.07) is 27.3. The molecule has 132 valence electrons. The third-order valence-electron chi connectivity index (χ3n) is 6.33. The van der Waals surface area contributed by atoms with Crippen molar-refractivity contribution in [2.24, 2.45) is 0 Å². The highest BCUT2D eigenvalue weighted by atomic mass is 14.3. The van der Waals surface area contributed by atoms with Gasteiger partial charge in [0, 0.05) is 5.41 Å². The van der Waals surface area contributed by atoms with Crippen molar-refractivity contribution in [2.45, 2.75) is 33.1 Å². The van der Waals surface area contributed by atoms with Crippen molar-refractivity contribution >= 4 is 32.3 Å². The van der Waals surface area contributed by atoms with Crippen LogP contribution in [0, 0.1) is 13.8 Å². The van der Waals surface area contributed by atoms with Crippen LogP contribution in [0.4, 0.5) is 0 Å². The molecule has 0 atom stereocenters. The zero-order valence-electron chi connectivity index (χ0n) is 16.4. The first-order valence-corrected chi connectivity index (χ1v) is 9.71. The van der Waals surface area contributed by atoms with Gasteiger partial charge in [0.25, 0.3) is 0 Å². The van der Waals surface area contributed by atoms with Gasteiger partial charge in [-0.2, -0.15) is 0 Å². The summed E-state index contributed by atoms with van der Waals surface area (Å²) in [4.78, 5) is 0. The zero-order valence-corrected chi connectivity index (χ0v) is 16.4. The van der Waals surface area contributed by atoms with Crippen LogP contribution in [0.1, 0.15) is 36.1 Å². The molecule has 0 saturated carbocycles. The lowest BCUT2D eigenvalue weighted by molar-refractivity contribution is 0.647. The van der Waals surface area contributed by atoms with Gasteiger partial charge in [0.15, 0.2) is 0 Å². The molecular weight excluding hydrogens is 324 g/mol. The quantitative estimate of drug-likeness (QED) is 0.289. The average molecular weight is 348 g/mol. The van der Waals surface area contributed by atoms with Crippen molar-refractivity contribution in [1.29, 1.82) is 0 Å². The molecule has 0 unspecified atom stereocenters. The Morgan fingerprint density at radius 1 is 0.556 bits per heavy atom. The summed E-state index contributed by atoms with van der Waals surface area (Å²) in [6.45, 7) is 9.04. The second-order valence-electron chi connectivity index (χ2n) is 8.41. The third kappa shape index (κ3) is 2.29. The summed E-state index contributed by atoms with van der Waals surface area (Å²) in [7, 11) is 0. The van der Waals surface area contributed by atoms with E-state index in [1.807, 2.05) is 0 Å². The van der Waals surface area contributed by atoms with Crippen LogP contribution in [-0.2, 0) is 5.41 Å². The first-order chi connectivity index (χ1) is 13.0. The van der Waals surface area contributed by atoms with Crippen molar-refractivity contribution in [3.63, 3.8) is 0 Å². The molecule has 0 aliphatic carbocycles. The molecule has 0 saturated heterocycles. The summed E-state index contributed by atoms with van der Waals surface area (Å²) in [5, 5.41) is 8.23. The molecule has 5 rings (SSSR count). The zero-order chi connectivity index (χ0) is 18.8. The molecule has 0 fully saturated rings. The molecule has 0 amide bonds. The summed E-state index contributed by atoms with van der Waals surface area (Å²) >= 11 is 0. The minimum atomic E-state index is -0.0505. The first-order valence-electron chi connectivity index (χ1n) is 9.71. The van der Waals surface area contributed by atoms with Gasteiger partial charge in [-0.1, -0.05) is 92.2 Å². The van der Waals surface area contributed by atoms with E-state index in [4.69, 9.17) is 0 Å². The molecule has 0 heteroatoms. The Bertz CT molecular complexity index is 1290. The van der Waals surface area contributed by atoms with Crippen molar-refractivity contribution in [3.05, 3.63) is 95.1 Å². The lowest BCUT2D eigenvalue weighted by atomic mass is 9.75. The Balaban J connectivity index is 1.88. The summed E-state index contributed by atoms with van der Waals surface area (Å²) in [5.41, 5.74) is 5.36. The van der Waals surface area contributed by atoms with Gasteiger partial charge >= 0.3 is 0 Å². The lowest BCUT2D eigenvalue weighted by Gasteiger charge is -2.29. The van der Waals surface area contributed by atoms with Gasteiger partial charge in [0.05, 0.1) is 0 Å². The smallest absolute Gasteiger partial charge is 0.0152 e. The molecule has 27 heavy (non-hydrogen) atoms. The molecule has 0 aliphatic heterocycles. The molecule has 0 bridgehead atoms. The number of hydrogen-bond donors (Lipinski definition) is 0. The minimum absolute atomic E-state index is 0.0505. The maximum atomic E-state index is 2.34. The van der Waals surface area contributed by atoms with E-state index in [1.165, 1.54) is 54.6 Å². The van der Waals surface area contributed by atoms with Gasteiger partial charge in [0.1, 0.15) is 0 Å². The number of hydrogen-bond acceptors (Lipinski definition) is 0. The molecule has 0 aromatic heterocycles. The highest BCUT2D eigenvalue weighted by Crippen LogP contribution is 2.42. The van der Waals surface area contributed by atoms with Gasteiger partial charge < -0.3 is 0 Å². The van der Waals surface area contributed by atoms with E-state index in [1.54, 1.807) is 0 Å². The molecule has 0 aliphatic rings. The van der Waals surface area contributed by atoms with E-state index in [9.17, 15) is 0 Å². The Morgan fingerprint density at radius 3 is 1.81 bits per heavy atom. The minimum Gasteiger partial charge on any atom is -0.0590 e. The van der Waals surface area contributed by atoms with E-state index in [0.717, 1.165) is 0 Å². The molecule has 0 nitrogen and oxygen atoms in total. The Morgan fingerprint density at radius 2 is 1.11 bits per heavy atom. The summed E-state index contributed by atoms with van der Waals surface area (Å²) in [6.07, 6.45) is 0. The van der Waals surface area contributed by atoms with Gasteiger partial charge in [-0.25, -0.2) is 0 Å². The fourth-order valence-electron chi connectivity index (χ4n) is 4.62. The highest BCUT2D eigenvalue weighted by molar-refractivity contribution is 6.24. The van der Waals surface area contributed by atoms with E-state index in [2.05, 4.69) is 100 Å². The van der Waals surface area contributed by atoms with Crippen molar-refractivity contribution < 1.29 is 0 Å². The topological polar surface area (TPSA) is 0 Å². The second-order valence-corrected chi connectivity index (χ2v) is 8.41. The average Bonchev–Trinajstić information content (AvgIpc) is 2.67. The Hall–Kier alpha value is -2.86. The highest BCUT2D eigenvalue weighted by Gasteiger charge is 2.26. The van der Waals surface area contributed by atoms with Crippen molar-refractivity contribution in [2.75, 3.05) is 0 Å². The second kappa shape index (κ2) is 5.57. The van der Waals surface area contributed by atoms with E-state index >= 15 is 0 Å². The first kappa shape index (κ1) is 16.3. The number of benzene rings is 5. The standard InChI is InChI=1S/C27H24/c1-17-5-12-21(13-6-17)27(3,4)24-16-11-20-9-14-22-18(2)7-8-19-10-15-23(24)26(20)25(19)22/h5-16H,1-4H3. The normalized spacial score (nSPS) is 12.4. The lowest BCUT2D eigenvalue weighted by Crippen LogP contribution is -2.19. The fourth-order valence-corrected chi connectivity index (χ4v) is 4.62. The van der Waals surface area contributed by atoms with Crippen LogP contribution >= 0.6 is 0 Å². The predicted octanol–water partition coefficient (Wildman–Crippen LogP) is 7.53. The van der Waals surface area contributed by atoms with Gasteiger partial charge in [0.2, 0.25) is 0 Å². The van der Waals surface area contributed by atoms with Crippen LogP contribution in [0.2, 0.25) is 0 Å². The van der Waals surface area contributed by atoms with Gasteiger partial charge in [-0.05, 0) is 62.9 Å². The number of rotatable bonds is 2. The molecule has 0 heterocycles. The maximum Gasteiger partial charge on any atom is 0.0152 e. The van der Waals surface area contributed by atoms with E-state index in [0.29, 0.717) is 0 Å². The van der Waals surface area contributed by atoms with Crippen LogP contribution < -0.4 is 0 Å². The van der Waals surface area contributed by atoms with Crippen LogP contribution in [0.25, 0.3) is 32.3 Å². The Labute approximate surface area is 160 Å². The van der Waals surface area contributed by atoms with E-state index < -0.39 is 0 Å². The molecule has 0 N–H and O–H groups in total. The number of aryl methyl sites for hydroxylation is 2. The van der Waals surface area contributed by atoms with Crippen LogP contribution in [0.3, 0.4) is 0 Å². The molecule has 5 aromatic carbocycles. The van der Waals surface area contributed by atoms with Gasteiger partial charge in [-0.3, -0.25) is 0 Å². The van der Waals surface area contributed by atoms with E-state index in [-0.39, 0.29) is 5.41 Å². The molecule has 0 spiro atoms. The SMILES string of the molecule is Cc1ccc(C(C)(C)c2ccc3ccc4c(C)ccc5ccc2c3c54)cc1. The maximum absolute atomic E-state index is 2.34. The largest absolute Gasteiger partial charge is 0.0590 e. The summed E-state index contributed by atoms with van der Waals surface area (Å²) in [5.74, 6) is 0. The van der Waals surface area contributed by atoms with Crippen LogP contribution in [0.15, 0.2) is 72.8 Å². The molecule has 0 radical (unpaired) electrons. The predicted molar refractivity (Wildman–Crippen MR) is 118 cm³/mol. The monoisotopic (exact) mass is 348 g/mol. The Kier molecular flexibility index (Phi) is 3.37. The molecular formula is C27H24. The third-order valence-corrected chi connectivity index (χ3v) is 6.33. The van der Waals surface area contributed by atoms with Crippen LogP contribution in [-0.4, -0.2) is 0 Å². The van der Waals surface area contributed by atoms with Crippen LogP contribution in [0.5, 0.6) is 0 Å². The molecule has 5 aromatic rings. The van der Waals surface area contributed by atoms with Crippen molar-refractivity contribution in [1.82, 2.24) is 0 Å². The van der Waals surface area contributed by atoms with Gasteiger partial charge in [-0.15, -0.1) is 0 Å².